The highest BCUT2D eigenvalue weighted by Gasteiger charge is 2.23. The molecule has 1 amide bonds. The number of carbonyl (C=O) groups is 1. The lowest BCUT2D eigenvalue weighted by Crippen LogP contribution is -2.36. The van der Waals surface area contributed by atoms with E-state index in [1.807, 2.05) is 0 Å². The van der Waals surface area contributed by atoms with Crippen LogP contribution in [0.4, 0.5) is 0 Å². The van der Waals surface area contributed by atoms with Crippen LogP contribution in [0.15, 0.2) is 12.1 Å². The van der Waals surface area contributed by atoms with Gasteiger partial charge in [-0.05, 0) is 26.0 Å². The Labute approximate surface area is 122 Å². The Kier molecular flexibility index (Phi) is 3.72. The molecule has 0 bridgehead atoms. The summed E-state index contributed by atoms with van der Waals surface area (Å²) in [7, 11) is 2.11. The fourth-order valence-corrected chi connectivity index (χ4v) is 2.69. The molecule has 0 aromatic heterocycles. The molecule has 6 heteroatoms. The number of piperidine rings is 1. The van der Waals surface area contributed by atoms with E-state index in [0.717, 1.165) is 25.9 Å². The number of nitrogens with zero attached hydrogens (tertiary/aromatic N) is 1. The van der Waals surface area contributed by atoms with Crippen molar-refractivity contribution in [1.82, 2.24) is 10.2 Å². The standard InChI is InChI=1S/C14H17ClN2O3/c1-17-4-2-9(3-5-17)20-13-7-12-10(6-11(13)15)14(18)16-8-19-12/h6-7,9H,2-5,8H2,1H3,(H,16,18). The third kappa shape index (κ3) is 2.69. The molecule has 1 aromatic rings. The van der Waals surface area contributed by atoms with E-state index in [9.17, 15) is 4.79 Å². The van der Waals surface area contributed by atoms with Crippen LogP contribution in [0.1, 0.15) is 23.2 Å². The summed E-state index contributed by atoms with van der Waals surface area (Å²) in [4.78, 5) is 14.0. The fourth-order valence-electron chi connectivity index (χ4n) is 2.48. The van der Waals surface area contributed by atoms with Crippen molar-refractivity contribution in [2.45, 2.75) is 18.9 Å². The molecule has 0 spiro atoms. The van der Waals surface area contributed by atoms with Crippen LogP contribution in [0.5, 0.6) is 11.5 Å². The van der Waals surface area contributed by atoms with Gasteiger partial charge in [-0.1, -0.05) is 11.6 Å². The highest BCUT2D eigenvalue weighted by molar-refractivity contribution is 6.32. The molecule has 108 valence electrons. The fraction of sp³-hybridized carbons (Fsp3) is 0.500. The van der Waals surface area contributed by atoms with Crippen molar-refractivity contribution in [1.29, 1.82) is 0 Å². The van der Waals surface area contributed by atoms with Crippen LogP contribution in [0.2, 0.25) is 5.02 Å². The number of benzene rings is 1. The number of nitrogens with one attached hydrogen (secondary N) is 1. The molecule has 1 saturated heterocycles. The van der Waals surface area contributed by atoms with Gasteiger partial charge in [0.1, 0.15) is 17.6 Å². The molecule has 2 aliphatic rings. The Morgan fingerprint density at radius 2 is 2.15 bits per heavy atom. The third-order valence-corrected chi connectivity index (χ3v) is 3.99. The van der Waals surface area contributed by atoms with Gasteiger partial charge in [0, 0.05) is 19.2 Å². The number of fused-ring (bicyclic) bond motifs is 1. The Balaban J connectivity index is 1.78. The van der Waals surface area contributed by atoms with E-state index in [1.165, 1.54) is 0 Å². The van der Waals surface area contributed by atoms with Crippen molar-refractivity contribution in [3.8, 4) is 11.5 Å². The molecular formula is C14H17ClN2O3. The van der Waals surface area contributed by atoms with Gasteiger partial charge in [-0.15, -0.1) is 0 Å². The van der Waals surface area contributed by atoms with E-state index in [0.29, 0.717) is 22.1 Å². The number of ether oxygens (including phenoxy) is 2. The molecule has 0 saturated carbocycles. The Morgan fingerprint density at radius 3 is 2.90 bits per heavy atom. The predicted molar refractivity (Wildman–Crippen MR) is 75.6 cm³/mol. The van der Waals surface area contributed by atoms with Gasteiger partial charge >= 0.3 is 0 Å². The molecule has 0 atom stereocenters. The summed E-state index contributed by atoms with van der Waals surface area (Å²) in [5, 5.41) is 3.05. The van der Waals surface area contributed by atoms with Crippen LogP contribution in [-0.2, 0) is 0 Å². The summed E-state index contributed by atoms with van der Waals surface area (Å²) in [6.45, 7) is 2.22. The topological polar surface area (TPSA) is 50.8 Å². The van der Waals surface area contributed by atoms with Gasteiger partial charge < -0.3 is 19.7 Å². The van der Waals surface area contributed by atoms with Crippen LogP contribution in [0.25, 0.3) is 0 Å². The summed E-state index contributed by atoms with van der Waals surface area (Å²) in [6, 6.07) is 3.32. The minimum absolute atomic E-state index is 0.166. The zero-order valence-corrected chi connectivity index (χ0v) is 12.1. The highest BCUT2D eigenvalue weighted by Crippen LogP contribution is 2.35. The molecule has 20 heavy (non-hydrogen) atoms. The number of amides is 1. The number of likely N-dealkylation sites (tertiary alicyclic amines) is 1. The minimum atomic E-state index is -0.168. The number of hydrogen-bond acceptors (Lipinski definition) is 4. The van der Waals surface area contributed by atoms with Crippen molar-refractivity contribution in [3.63, 3.8) is 0 Å². The Bertz CT molecular complexity index is 527. The molecule has 0 radical (unpaired) electrons. The highest BCUT2D eigenvalue weighted by atomic mass is 35.5. The van der Waals surface area contributed by atoms with Crippen LogP contribution in [-0.4, -0.2) is 43.8 Å². The van der Waals surface area contributed by atoms with E-state index in [-0.39, 0.29) is 18.7 Å². The number of carbonyl (C=O) groups excluding carboxylic acids is 1. The first-order valence-corrected chi connectivity index (χ1v) is 7.11. The van der Waals surface area contributed by atoms with Gasteiger partial charge in [-0.25, -0.2) is 0 Å². The third-order valence-electron chi connectivity index (χ3n) is 3.70. The summed E-state index contributed by atoms with van der Waals surface area (Å²) >= 11 is 6.20. The van der Waals surface area contributed by atoms with Gasteiger partial charge in [-0.3, -0.25) is 4.79 Å². The first-order valence-electron chi connectivity index (χ1n) is 6.73. The monoisotopic (exact) mass is 296 g/mol. The lowest BCUT2D eigenvalue weighted by Gasteiger charge is -2.30. The molecule has 2 aliphatic heterocycles. The number of hydrogen-bond donors (Lipinski definition) is 1. The van der Waals surface area contributed by atoms with Crippen LogP contribution in [0, 0.1) is 0 Å². The van der Waals surface area contributed by atoms with Crippen LogP contribution >= 0.6 is 11.6 Å². The van der Waals surface area contributed by atoms with Crippen molar-refractivity contribution < 1.29 is 14.3 Å². The maximum Gasteiger partial charge on any atom is 0.257 e. The molecule has 0 unspecified atom stereocenters. The molecular weight excluding hydrogens is 280 g/mol. The zero-order chi connectivity index (χ0) is 14.1. The summed E-state index contributed by atoms with van der Waals surface area (Å²) in [5.74, 6) is 0.953. The summed E-state index contributed by atoms with van der Waals surface area (Å²) < 4.78 is 11.4. The average molecular weight is 297 g/mol. The van der Waals surface area contributed by atoms with E-state index in [1.54, 1.807) is 12.1 Å². The maximum atomic E-state index is 11.7. The largest absolute Gasteiger partial charge is 0.489 e. The Hall–Kier alpha value is -1.46. The lowest BCUT2D eigenvalue weighted by atomic mass is 10.1. The van der Waals surface area contributed by atoms with Crippen molar-refractivity contribution in [2.75, 3.05) is 26.9 Å². The first kappa shape index (κ1) is 13.5. The Morgan fingerprint density at radius 1 is 1.40 bits per heavy atom. The molecule has 0 aliphatic carbocycles. The van der Waals surface area contributed by atoms with E-state index >= 15 is 0 Å². The quantitative estimate of drug-likeness (QED) is 0.905. The summed E-state index contributed by atoms with van der Waals surface area (Å²) in [6.07, 6.45) is 2.12. The molecule has 2 heterocycles. The minimum Gasteiger partial charge on any atom is -0.489 e. The predicted octanol–water partition coefficient (Wildman–Crippen LogP) is 1.89. The van der Waals surface area contributed by atoms with Gasteiger partial charge in [0.2, 0.25) is 0 Å². The van der Waals surface area contributed by atoms with Gasteiger partial charge in [0.05, 0.1) is 10.6 Å². The number of rotatable bonds is 2. The van der Waals surface area contributed by atoms with Gasteiger partial charge in [0.15, 0.2) is 6.73 Å². The molecule has 5 nitrogen and oxygen atoms in total. The molecule has 3 rings (SSSR count). The normalized spacial score (nSPS) is 20.0. The zero-order valence-electron chi connectivity index (χ0n) is 11.3. The second-order valence-corrected chi connectivity index (χ2v) is 5.60. The first-order chi connectivity index (χ1) is 9.63. The van der Waals surface area contributed by atoms with Gasteiger partial charge in [-0.2, -0.15) is 0 Å². The maximum absolute atomic E-state index is 11.7. The second kappa shape index (κ2) is 5.50. The molecule has 1 N–H and O–H groups in total. The van der Waals surface area contributed by atoms with Crippen LogP contribution < -0.4 is 14.8 Å². The van der Waals surface area contributed by atoms with E-state index in [2.05, 4.69) is 17.3 Å². The van der Waals surface area contributed by atoms with Crippen molar-refractivity contribution in [2.24, 2.45) is 0 Å². The smallest absolute Gasteiger partial charge is 0.257 e. The SMILES string of the molecule is CN1CCC(Oc2cc3c(cc2Cl)C(=O)NCO3)CC1. The lowest BCUT2D eigenvalue weighted by molar-refractivity contribution is 0.0881. The van der Waals surface area contributed by atoms with Gasteiger partial charge in [0.25, 0.3) is 5.91 Å². The second-order valence-electron chi connectivity index (χ2n) is 5.19. The van der Waals surface area contributed by atoms with Crippen LogP contribution in [0.3, 0.4) is 0 Å². The number of halogens is 1. The van der Waals surface area contributed by atoms with E-state index < -0.39 is 0 Å². The summed E-state index contributed by atoms with van der Waals surface area (Å²) in [5.41, 5.74) is 0.456. The van der Waals surface area contributed by atoms with E-state index in [4.69, 9.17) is 21.1 Å². The molecule has 1 aromatic carbocycles. The van der Waals surface area contributed by atoms with Crippen molar-refractivity contribution >= 4 is 17.5 Å². The molecule has 1 fully saturated rings. The van der Waals surface area contributed by atoms with Crippen molar-refractivity contribution in [3.05, 3.63) is 22.7 Å². The average Bonchev–Trinajstić information content (AvgIpc) is 2.43.